The SMILES string of the molecule is Cc1ccc(C(NC(=O)C(C)N(c2ccc(Cl)cc2)S(C)(=O)=O)c2ccccc2)cc1. The van der Waals surface area contributed by atoms with Crippen LogP contribution in [0.15, 0.2) is 78.9 Å². The Morgan fingerprint density at radius 1 is 0.903 bits per heavy atom. The minimum atomic E-state index is -3.72. The normalized spacial score (nSPS) is 13.3. The molecule has 3 aromatic rings. The highest BCUT2D eigenvalue weighted by Crippen LogP contribution is 2.26. The molecule has 0 saturated heterocycles. The fraction of sp³-hybridized carbons (Fsp3) is 0.208. The van der Waals surface area contributed by atoms with Gasteiger partial charge in [0, 0.05) is 5.02 Å². The summed E-state index contributed by atoms with van der Waals surface area (Å²) in [5.41, 5.74) is 3.31. The van der Waals surface area contributed by atoms with E-state index < -0.39 is 28.0 Å². The lowest BCUT2D eigenvalue weighted by atomic mass is 9.97. The fourth-order valence-corrected chi connectivity index (χ4v) is 4.72. The molecule has 0 aromatic heterocycles. The number of amides is 1. The quantitative estimate of drug-likeness (QED) is 0.560. The van der Waals surface area contributed by atoms with Gasteiger partial charge >= 0.3 is 0 Å². The van der Waals surface area contributed by atoms with Gasteiger partial charge in [-0.2, -0.15) is 0 Å². The van der Waals surface area contributed by atoms with Gasteiger partial charge in [-0.25, -0.2) is 8.42 Å². The van der Waals surface area contributed by atoms with Crippen molar-refractivity contribution >= 4 is 33.2 Å². The van der Waals surface area contributed by atoms with Gasteiger partial charge in [-0.1, -0.05) is 71.8 Å². The van der Waals surface area contributed by atoms with E-state index >= 15 is 0 Å². The van der Waals surface area contributed by atoms with Gasteiger partial charge < -0.3 is 5.32 Å². The molecule has 3 aromatic carbocycles. The average Bonchev–Trinajstić information content (AvgIpc) is 2.74. The predicted octanol–water partition coefficient (Wildman–Crippen LogP) is 4.71. The number of sulfonamides is 1. The maximum absolute atomic E-state index is 13.3. The van der Waals surface area contributed by atoms with Crippen LogP contribution in [0.3, 0.4) is 0 Å². The van der Waals surface area contributed by atoms with Crippen molar-refractivity contribution in [3.8, 4) is 0 Å². The molecule has 0 aliphatic rings. The van der Waals surface area contributed by atoms with Crippen molar-refractivity contribution in [2.75, 3.05) is 10.6 Å². The summed E-state index contributed by atoms with van der Waals surface area (Å²) in [7, 11) is -3.72. The van der Waals surface area contributed by atoms with Crippen LogP contribution in [0.2, 0.25) is 5.02 Å². The number of hydrogen-bond donors (Lipinski definition) is 1. The monoisotopic (exact) mass is 456 g/mol. The Hall–Kier alpha value is -2.83. The number of nitrogens with zero attached hydrogens (tertiary/aromatic N) is 1. The van der Waals surface area contributed by atoms with Crippen LogP contribution in [0.25, 0.3) is 0 Å². The Balaban J connectivity index is 1.94. The topological polar surface area (TPSA) is 66.5 Å². The van der Waals surface area contributed by atoms with Crippen LogP contribution in [-0.4, -0.2) is 26.6 Å². The zero-order valence-corrected chi connectivity index (χ0v) is 19.2. The molecule has 0 fully saturated rings. The van der Waals surface area contributed by atoms with Crippen molar-refractivity contribution in [3.63, 3.8) is 0 Å². The van der Waals surface area contributed by atoms with Crippen LogP contribution in [0.1, 0.15) is 29.7 Å². The summed E-state index contributed by atoms with van der Waals surface area (Å²) in [6.45, 7) is 3.57. The van der Waals surface area contributed by atoms with E-state index in [0.717, 1.165) is 27.3 Å². The lowest BCUT2D eigenvalue weighted by Gasteiger charge is -2.30. The second-order valence-electron chi connectivity index (χ2n) is 7.47. The van der Waals surface area contributed by atoms with E-state index in [1.807, 2.05) is 61.5 Å². The molecule has 3 rings (SSSR count). The standard InChI is InChI=1S/C24H25ClN2O3S/c1-17-9-11-20(12-10-17)23(19-7-5-4-6-8-19)26-24(28)18(2)27(31(3,29)30)22-15-13-21(25)14-16-22/h4-16,18,23H,1-3H3,(H,26,28). The number of hydrogen-bond acceptors (Lipinski definition) is 3. The Morgan fingerprint density at radius 2 is 1.45 bits per heavy atom. The summed E-state index contributed by atoms with van der Waals surface area (Å²) < 4.78 is 26.2. The highest BCUT2D eigenvalue weighted by molar-refractivity contribution is 7.92. The smallest absolute Gasteiger partial charge is 0.244 e. The molecule has 162 valence electrons. The first-order valence-electron chi connectivity index (χ1n) is 9.83. The number of carbonyl (C=O) groups is 1. The van der Waals surface area contributed by atoms with E-state index in [4.69, 9.17) is 11.6 Å². The lowest BCUT2D eigenvalue weighted by molar-refractivity contribution is -0.122. The van der Waals surface area contributed by atoms with Crippen LogP contribution in [0.5, 0.6) is 0 Å². The highest BCUT2D eigenvalue weighted by atomic mass is 35.5. The largest absolute Gasteiger partial charge is 0.343 e. The van der Waals surface area contributed by atoms with Crippen LogP contribution in [0, 0.1) is 6.92 Å². The number of rotatable bonds is 7. The minimum absolute atomic E-state index is 0.376. The summed E-state index contributed by atoms with van der Waals surface area (Å²) in [6, 6.07) is 22.5. The van der Waals surface area contributed by atoms with E-state index in [0.29, 0.717) is 10.7 Å². The molecule has 0 aliphatic carbocycles. The molecular formula is C24H25ClN2O3S. The van der Waals surface area contributed by atoms with E-state index in [1.54, 1.807) is 31.2 Å². The van der Waals surface area contributed by atoms with Crippen LogP contribution in [-0.2, 0) is 14.8 Å². The molecule has 0 bridgehead atoms. The molecule has 31 heavy (non-hydrogen) atoms. The van der Waals surface area contributed by atoms with Gasteiger partial charge in [0.15, 0.2) is 0 Å². The van der Waals surface area contributed by atoms with E-state index in [2.05, 4.69) is 5.32 Å². The zero-order valence-electron chi connectivity index (χ0n) is 17.6. The van der Waals surface area contributed by atoms with Gasteiger partial charge in [-0.15, -0.1) is 0 Å². The summed E-state index contributed by atoms with van der Waals surface area (Å²) in [6.07, 6.45) is 1.08. The van der Waals surface area contributed by atoms with Crippen LogP contribution >= 0.6 is 11.6 Å². The fourth-order valence-electron chi connectivity index (χ4n) is 3.42. The number of nitrogens with one attached hydrogen (secondary N) is 1. The summed E-state index contributed by atoms with van der Waals surface area (Å²) >= 11 is 5.94. The van der Waals surface area contributed by atoms with Crippen molar-refractivity contribution in [1.29, 1.82) is 0 Å². The lowest BCUT2D eigenvalue weighted by Crippen LogP contribution is -2.48. The second kappa shape index (κ2) is 9.54. The first-order chi connectivity index (χ1) is 14.7. The van der Waals surface area contributed by atoms with Gasteiger partial charge in [0.1, 0.15) is 6.04 Å². The van der Waals surface area contributed by atoms with E-state index in [9.17, 15) is 13.2 Å². The third-order valence-electron chi connectivity index (χ3n) is 5.00. The second-order valence-corrected chi connectivity index (χ2v) is 9.77. The number of benzene rings is 3. The number of halogens is 1. The van der Waals surface area contributed by atoms with Crippen LogP contribution in [0.4, 0.5) is 5.69 Å². The molecule has 2 atom stereocenters. The molecule has 0 saturated carbocycles. The summed E-state index contributed by atoms with van der Waals surface area (Å²) in [4.78, 5) is 13.3. The molecule has 1 amide bonds. The highest BCUT2D eigenvalue weighted by Gasteiger charge is 2.30. The van der Waals surface area contributed by atoms with Gasteiger partial charge in [-0.05, 0) is 49.2 Å². The minimum Gasteiger partial charge on any atom is -0.343 e. The first kappa shape index (κ1) is 22.8. The van der Waals surface area contributed by atoms with Gasteiger partial charge in [0.05, 0.1) is 18.0 Å². The molecule has 0 spiro atoms. The van der Waals surface area contributed by atoms with Crippen molar-refractivity contribution in [2.24, 2.45) is 0 Å². The molecule has 7 heteroatoms. The van der Waals surface area contributed by atoms with Gasteiger partial charge in [0.25, 0.3) is 0 Å². The third kappa shape index (κ3) is 5.66. The van der Waals surface area contributed by atoms with Crippen molar-refractivity contribution in [3.05, 3.63) is 101 Å². The maximum atomic E-state index is 13.3. The number of aryl methyl sites for hydroxylation is 1. The van der Waals surface area contributed by atoms with Gasteiger partial charge in [0.2, 0.25) is 15.9 Å². The summed E-state index contributed by atoms with van der Waals surface area (Å²) in [5.74, 6) is -0.408. The predicted molar refractivity (Wildman–Crippen MR) is 126 cm³/mol. The van der Waals surface area contributed by atoms with Crippen molar-refractivity contribution in [2.45, 2.75) is 25.9 Å². The number of carbonyl (C=O) groups excluding carboxylic acids is 1. The Kier molecular flexibility index (Phi) is 7.03. The third-order valence-corrected chi connectivity index (χ3v) is 6.49. The van der Waals surface area contributed by atoms with E-state index in [1.165, 1.54) is 0 Å². The molecule has 0 radical (unpaired) electrons. The maximum Gasteiger partial charge on any atom is 0.244 e. The van der Waals surface area contributed by atoms with Crippen molar-refractivity contribution in [1.82, 2.24) is 5.32 Å². The van der Waals surface area contributed by atoms with Crippen LogP contribution < -0.4 is 9.62 Å². The van der Waals surface area contributed by atoms with Crippen molar-refractivity contribution < 1.29 is 13.2 Å². The Bertz CT molecular complexity index is 1130. The Labute approximate surface area is 188 Å². The molecule has 0 heterocycles. The zero-order chi connectivity index (χ0) is 22.6. The molecular weight excluding hydrogens is 432 g/mol. The number of anilines is 1. The molecule has 0 aliphatic heterocycles. The first-order valence-corrected chi connectivity index (χ1v) is 12.1. The molecule has 2 unspecified atom stereocenters. The van der Waals surface area contributed by atoms with E-state index in [-0.39, 0.29) is 0 Å². The molecule has 5 nitrogen and oxygen atoms in total. The summed E-state index contributed by atoms with van der Waals surface area (Å²) in [5, 5.41) is 3.52. The Morgan fingerprint density at radius 3 is 2.00 bits per heavy atom. The van der Waals surface area contributed by atoms with Gasteiger partial charge in [-0.3, -0.25) is 9.10 Å². The average molecular weight is 457 g/mol. The molecule has 1 N–H and O–H groups in total.